The number of rotatable bonds is 5. The van der Waals surface area contributed by atoms with E-state index in [1.165, 1.54) is 12.0 Å². The van der Waals surface area contributed by atoms with Crippen molar-refractivity contribution in [1.29, 1.82) is 0 Å². The maximum absolute atomic E-state index is 12.7. The molecule has 2 amide bonds. The minimum atomic E-state index is -0.931. The van der Waals surface area contributed by atoms with Crippen LogP contribution in [0.5, 0.6) is 5.75 Å². The average Bonchev–Trinajstić information content (AvgIpc) is 3.08. The highest BCUT2D eigenvalue weighted by molar-refractivity contribution is 6.31. The Labute approximate surface area is 181 Å². The monoisotopic (exact) mass is 438 g/mol. The molecule has 2 saturated heterocycles. The molecule has 30 heavy (non-hydrogen) atoms. The summed E-state index contributed by atoms with van der Waals surface area (Å²) in [6.07, 6.45) is -1.08. The summed E-state index contributed by atoms with van der Waals surface area (Å²) in [4.78, 5) is 41.0. The van der Waals surface area contributed by atoms with E-state index in [4.69, 9.17) is 25.8 Å². The van der Waals surface area contributed by atoms with Crippen LogP contribution in [0.2, 0.25) is 5.02 Å². The van der Waals surface area contributed by atoms with Gasteiger partial charge in [0, 0.05) is 31.1 Å². The quantitative estimate of drug-likeness (QED) is 0.655. The summed E-state index contributed by atoms with van der Waals surface area (Å²) in [7, 11) is 1.50. The van der Waals surface area contributed by atoms with Gasteiger partial charge in [-0.25, -0.2) is 0 Å². The van der Waals surface area contributed by atoms with E-state index in [1.807, 2.05) is 13.8 Å². The first-order chi connectivity index (χ1) is 14.2. The summed E-state index contributed by atoms with van der Waals surface area (Å²) >= 11 is 6.06. The number of carbonyl (C=O) groups excluding carboxylic acids is 3. The fourth-order valence-electron chi connectivity index (χ4n) is 3.91. The second-order valence-corrected chi connectivity index (χ2v) is 8.24. The van der Waals surface area contributed by atoms with Gasteiger partial charge in [-0.2, -0.15) is 0 Å². The molecule has 0 spiro atoms. The number of hydrogen-bond donors (Lipinski definition) is 0. The van der Waals surface area contributed by atoms with Crippen LogP contribution in [0.25, 0.3) is 0 Å². The summed E-state index contributed by atoms with van der Waals surface area (Å²) in [6, 6.07) is 4.96. The van der Waals surface area contributed by atoms with Gasteiger partial charge < -0.3 is 24.0 Å². The second-order valence-electron chi connectivity index (χ2n) is 7.80. The number of amides is 2. The van der Waals surface area contributed by atoms with Crippen LogP contribution in [-0.4, -0.2) is 67.7 Å². The Morgan fingerprint density at radius 2 is 1.87 bits per heavy atom. The predicted molar refractivity (Wildman–Crippen MR) is 111 cm³/mol. The SMILES string of the molecule is COc1ccc(Cl)cc1N1C[C@@H](C(=O)O[C@@H](C)C(=O)N2C[C@@H](C)O[C@@H](C)C2)CC1=O. The van der Waals surface area contributed by atoms with Gasteiger partial charge in [0.05, 0.1) is 30.9 Å². The molecule has 0 saturated carbocycles. The Balaban J connectivity index is 1.63. The fourth-order valence-corrected chi connectivity index (χ4v) is 4.07. The number of esters is 1. The molecule has 0 aliphatic carbocycles. The summed E-state index contributed by atoms with van der Waals surface area (Å²) in [6.45, 7) is 6.40. The zero-order valence-electron chi connectivity index (χ0n) is 17.6. The van der Waals surface area contributed by atoms with Crippen molar-refractivity contribution in [3.63, 3.8) is 0 Å². The Kier molecular flexibility index (Phi) is 6.88. The molecule has 9 heteroatoms. The molecular weight excluding hydrogens is 412 g/mol. The van der Waals surface area contributed by atoms with Crippen molar-refractivity contribution in [3.8, 4) is 5.75 Å². The normalized spacial score (nSPS) is 25.2. The lowest BCUT2D eigenvalue weighted by Gasteiger charge is -2.36. The van der Waals surface area contributed by atoms with Crippen LogP contribution in [0, 0.1) is 5.92 Å². The molecular formula is C21H27ClN2O6. The van der Waals surface area contributed by atoms with Gasteiger partial charge in [0.15, 0.2) is 6.10 Å². The molecule has 1 aromatic carbocycles. The zero-order valence-corrected chi connectivity index (χ0v) is 18.3. The highest BCUT2D eigenvalue weighted by atomic mass is 35.5. The van der Waals surface area contributed by atoms with Crippen LogP contribution in [-0.2, 0) is 23.9 Å². The molecule has 2 aliphatic heterocycles. The first-order valence-corrected chi connectivity index (χ1v) is 10.4. The number of anilines is 1. The molecule has 8 nitrogen and oxygen atoms in total. The summed E-state index contributed by atoms with van der Waals surface area (Å²) in [5, 5.41) is 0.456. The van der Waals surface area contributed by atoms with Crippen molar-refractivity contribution in [2.24, 2.45) is 5.92 Å². The van der Waals surface area contributed by atoms with E-state index in [-0.39, 0.29) is 37.0 Å². The van der Waals surface area contributed by atoms with E-state index in [0.29, 0.717) is 29.5 Å². The Morgan fingerprint density at radius 3 is 2.50 bits per heavy atom. The Morgan fingerprint density at radius 1 is 1.20 bits per heavy atom. The van der Waals surface area contributed by atoms with Gasteiger partial charge in [-0.3, -0.25) is 14.4 Å². The van der Waals surface area contributed by atoms with E-state index < -0.39 is 18.0 Å². The number of nitrogens with zero attached hydrogens (tertiary/aromatic N) is 2. The lowest BCUT2D eigenvalue weighted by molar-refractivity contribution is -0.166. The van der Waals surface area contributed by atoms with Crippen molar-refractivity contribution in [2.45, 2.75) is 45.5 Å². The van der Waals surface area contributed by atoms with Gasteiger partial charge in [-0.15, -0.1) is 0 Å². The number of carbonyl (C=O) groups is 3. The zero-order chi connectivity index (χ0) is 22.0. The van der Waals surface area contributed by atoms with Gasteiger partial charge in [0.2, 0.25) is 5.91 Å². The molecule has 0 bridgehead atoms. The van der Waals surface area contributed by atoms with Crippen LogP contribution < -0.4 is 9.64 Å². The van der Waals surface area contributed by atoms with Crippen LogP contribution in [0.3, 0.4) is 0 Å². The maximum atomic E-state index is 12.7. The topological polar surface area (TPSA) is 85.4 Å². The molecule has 0 aromatic heterocycles. The summed E-state index contributed by atoms with van der Waals surface area (Å²) in [5.41, 5.74) is 0.505. The number of methoxy groups -OCH3 is 1. The van der Waals surface area contributed by atoms with Crippen molar-refractivity contribution in [3.05, 3.63) is 23.2 Å². The number of halogens is 1. The van der Waals surface area contributed by atoms with Crippen molar-refractivity contribution in [1.82, 2.24) is 4.90 Å². The van der Waals surface area contributed by atoms with Gasteiger partial charge in [0.25, 0.3) is 5.91 Å². The van der Waals surface area contributed by atoms with E-state index >= 15 is 0 Å². The van der Waals surface area contributed by atoms with Gasteiger partial charge in [0.1, 0.15) is 5.75 Å². The van der Waals surface area contributed by atoms with Crippen molar-refractivity contribution < 1.29 is 28.6 Å². The molecule has 2 fully saturated rings. The third-order valence-electron chi connectivity index (χ3n) is 5.26. The minimum Gasteiger partial charge on any atom is -0.495 e. The number of morpholine rings is 1. The smallest absolute Gasteiger partial charge is 0.312 e. The van der Waals surface area contributed by atoms with Gasteiger partial charge in [-0.05, 0) is 39.0 Å². The summed E-state index contributed by atoms with van der Waals surface area (Å²) < 4.78 is 16.4. The fraction of sp³-hybridized carbons (Fsp3) is 0.571. The molecule has 164 valence electrons. The van der Waals surface area contributed by atoms with Crippen LogP contribution >= 0.6 is 11.6 Å². The highest BCUT2D eigenvalue weighted by Gasteiger charge is 2.39. The molecule has 0 N–H and O–H groups in total. The number of benzene rings is 1. The number of ether oxygens (including phenoxy) is 3. The van der Waals surface area contributed by atoms with Crippen LogP contribution in [0.4, 0.5) is 5.69 Å². The standard InChI is InChI=1S/C21H27ClN2O6/c1-12-9-23(10-13(2)29-12)20(26)14(3)30-21(27)15-7-19(25)24(11-15)17-8-16(22)5-6-18(17)28-4/h5-6,8,12-15H,7,9-11H2,1-4H3/t12-,13+,14-,15-/m0/s1. The Hall–Kier alpha value is -2.32. The maximum Gasteiger partial charge on any atom is 0.312 e. The molecule has 2 heterocycles. The molecule has 0 unspecified atom stereocenters. The first kappa shape index (κ1) is 22.4. The molecule has 1 aromatic rings. The van der Waals surface area contributed by atoms with Crippen LogP contribution in [0.1, 0.15) is 27.2 Å². The summed E-state index contributed by atoms with van der Waals surface area (Å²) in [5.74, 6) is -1.24. The van der Waals surface area contributed by atoms with Gasteiger partial charge >= 0.3 is 5.97 Å². The van der Waals surface area contributed by atoms with E-state index in [9.17, 15) is 14.4 Å². The van der Waals surface area contributed by atoms with Crippen molar-refractivity contribution >= 4 is 35.1 Å². The second kappa shape index (κ2) is 9.22. The molecule has 2 aliphatic rings. The molecule has 0 radical (unpaired) electrons. The third kappa shape index (κ3) is 4.87. The lowest BCUT2D eigenvalue weighted by Crippen LogP contribution is -2.51. The number of hydrogen-bond acceptors (Lipinski definition) is 6. The molecule has 4 atom stereocenters. The van der Waals surface area contributed by atoms with E-state index in [1.54, 1.807) is 30.0 Å². The van der Waals surface area contributed by atoms with E-state index in [2.05, 4.69) is 0 Å². The lowest BCUT2D eigenvalue weighted by atomic mass is 10.1. The van der Waals surface area contributed by atoms with Crippen LogP contribution in [0.15, 0.2) is 18.2 Å². The van der Waals surface area contributed by atoms with E-state index in [0.717, 1.165) is 0 Å². The van der Waals surface area contributed by atoms with Crippen molar-refractivity contribution in [2.75, 3.05) is 31.6 Å². The predicted octanol–water partition coefficient (Wildman–Crippen LogP) is 2.27. The average molecular weight is 439 g/mol. The first-order valence-electron chi connectivity index (χ1n) is 9.98. The molecule has 3 rings (SSSR count). The highest BCUT2D eigenvalue weighted by Crippen LogP contribution is 2.35. The largest absolute Gasteiger partial charge is 0.495 e. The van der Waals surface area contributed by atoms with Gasteiger partial charge in [-0.1, -0.05) is 11.6 Å². The third-order valence-corrected chi connectivity index (χ3v) is 5.50. The Bertz CT molecular complexity index is 822. The minimum absolute atomic E-state index is 0.00103.